The minimum atomic E-state index is -1.50. The van der Waals surface area contributed by atoms with Gasteiger partial charge in [-0.15, -0.1) is 0 Å². The van der Waals surface area contributed by atoms with Crippen molar-refractivity contribution in [3.63, 3.8) is 0 Å². The molecule has 0 saturated heterocycles. The van der Waals surface area contributed by atoms with Gasteiger partial charge in [0.25, 0.3) is 0 Å². The lowest BCUT2D eigenvalue weighted by atomic mass is 9.79. The van der Waals surface area contributed by atoms with Crippen LogP contribution in [0.1, 0.15) is 27.2 Å². The van der Waals surface area contributed by atoms with E-state index in [0.717, 1.165) is 0 Å². The zero-order chi connectivity index (χ0) is 9.07. The molecular weight excluding hydrogens is 144 g/mol. The molecule has 0 atom stereocenters. The molecule has 61 valence electrons. The van der Waals surface area contributed by atoms with Crippen molar-refractivity contribution in [3.05, 3.63) is 0 Å². The monoisotopic (exact) mass is 155 g/mol. The Morgan fingerprint density at radius 3 is 1.64 bits per heavy atom. The molecule has 0 aliphatic heterocycles. The van der Waals surface area contributed by atoms with Crippen LogP contribution < -0.4 is 0 Å². The molecule has 0 saturated carbocycles. The maximum atomic E-state index is 10.9. The first-order valence-corrected chi connectivity index (χ1v) is 3.42. The summed E-state index contributed by atoms with van der Waals surface area (Å²) in [5.41, 5.74) is -1.50. The Balaban J connectivity index is 4.91. The third-order valence-corrected chi connectivity index (χ3v) is 1.91. The normalized spacial score (nSPS) is 10.8. The van der Waals surface area contributed by atoms with Crippen LogP contribution in [-0.4, -0.2) is 17.9 Å². The second kappa shape index (κ2) is 3.42. The first-order chi connectivity index (χ1) is 5.01. The molecule has 0 aromatic rings. The molecule has 0 spiro atoms. The Morgan fingerprint density at radius 2 is 1.64 bits per heavy atom. The summed E-state index contributed by atoms with van der Waals surface area (Å²) in [6, 6.07) is 0. The molecule has 0 unspecified atom stereocenters. The number of hydrogen-bond acceptors (Lipinski definition) is 3. The summed E-state index contributed by atoms with van der Waals surface area (Å²) < 4.78 is 0. The van der Waals surface area contributed by atoms with Gasteiger partial charge in [-0.3, -0.25) is 14.4 Å². The zero-order valence-electron chi connectivity index (χ0n) is 6.93. The summed E-state index contributed by atoms with van der Waals surface area (Å²) in [7, 11) is 0. The van der Waals surface area contributed by atoms with Gasteiger partial charge in [0.2, 0.25) is 6.29 Å². The van der Waals surface area contributed by atoms with Gasteiger partial charge in [0.05, 0.1) is 0 Å². The fraction of sp³-hybridized carbons (Fsp3) is 0.625. The molecule has 1 radical (unpaired) electrons. The van der Waals surface area contributed by atoms with Crippen molar-refractivity contribution >= 4 is 17.9 Å². The van der Waals surface area contributed by atoms with Crippen LogP contribution in [0, 0.1) is 5.41 Å². The van der Waals surface area contributed by atoms with E-state index in [1.165, 1.54) is 20.1 Å². The molecule has 11 heavy (non-hydrogen) atoms. The molecular formula is C8H11O3. The van der Waals surface area contributed by atoms with Crippen molar-refractivity contribution in [1.82, 2.24) is 0 Å². The lowest BCUT2D eigenvalue weighted by Crippen LogP contribution is -2.37. The molecule has 0 heterocycles. The number of ketones is 2. The van der Waals surface area contributed by atoms with Gasteiger partial charge in [0.15, 0.2) is 17.0 Å². The van der Waals surface area contributed by atoms with Crippen LogP contribution in [0.5, 0.6) is 0 Å². The number of carbonyl (C=O) groups is 2. The minimum Gasteiger partial charge on any atom is -0.298 e. The van der Waals surface area contributed by atoms with E-state index in [-0.39, 0.29) is 6.42 Å². The van der Waals surface area contributed by atoms with Crippen molar-refractivity contribution < 1.29 is 14.4 Å². The highest BCUT2D eigenvalue weighted by Crippen LogP contribution is 2.21. The third kappa shape index (κ3) is 1.53. The fourth-order valence-electron chi connectivity index (χ4n) is 0.962. The van der Waals surface area contributed by atoms with E-state index in [1.54, 1.807) is 6.92 Å². The standard InChI is InChI=1S/C8H11O3/c1-4-8(5-9,6(2)10)7(3)11/h4H2,1-3H3. The van der Waals surface area contributed by atoms with Crippen molar-refractivity contribution in [2.75, 3.05) is 0 Å². The maximum Gasteiger partial charge on any atom is 0.220 e. The summed E-state index contributed by atoms with van der Waals surface area (Å²) in [5.74, 6) is -0.856. The molecule has 0 aliphatic carbocycles. The summed E-state index contributed by atoms with van der Waals surface area (Å²) >= 11 is 0. The van der Waals surface area contributed by atoms with E-state index < -0.39 is 17.0 Å². The highest BCUT2D eigenvalue weighted by molar-refractivity contribution is 6.17. The predicted octanol–water partition coefficient (Wildman–Crippen LogP) is 0.671. The van der Waals surface area contributed by atoms with E-state index in [0.29, 0.717) is 0 Å². The largest absolute Gasteiger partial charge is 0.298 e. The highest BCUT2D eigenvalue weighted by Gasteiger charge is 2.39. The van der Waals surface area contributed by atoms with Crippen LogP contribution >= 0.6 is 0 Å². The smallest absolute Gasteiger partial charge is 0.220 e. The highest BCUT2D eigenvalue weighted by atomic mass is 16.2. The van der Waals surface area contributed by atoms with Gasteiger partial charge in [-0.25, -0.2) is 0 Å². The zero-order valence-corrected chi connectivity index (χ0v) is 6.93. The van der Waals surface area contributed by atoms with Crippen molar-refractivity contribution in [2.24, 2.45) is 5.41 Å². The Morgan fingerprint density at radius 1 is 1.27 bits per heavy atom. The van der Waals surface area contributed by atoms with E-state index in [9.17, 15) is 14.4 Å². The van der Waals surface area contributed by atoms with Crippen molar-refractivity contribution in [3.8, 4) is 0 Å². The molecule has 0 aromatic carbocycles. The molecule has 0 aliphatic rings. The first-order valence-electron chi connectivity index (χ1n) is 3.42. The molecule has 0 bridgehead atoms. The number of carbonyl (C=O) groups excluding carboxylic acids is 3. The molecule has 0 amide bonds. The Hall–Kier alpha value is -0.990. The van der Waals surface area contributed by atoms with Gasteiger partial charge < -0.3 is 0 Å². The lowest BCUT2D eigenvalue weighted by Gasteiger charge is -2.17. The van der Waals surface area contributed by atoms with Crippen LogP contribution in [0.25, 0.3) is 0 Å². The molecule has 3 heteroatoms. The first kappa shape index (κ1) is 10.0. The molecule has 0 N–H and O–H groups in total. The Kier molecular flexibility index (Phi) is 3.11. The minimum absolute atomic E-state index is 0.196. The predicted molar refractivity (Wildman–Crippen MR) is 39.8 cm³/mol. The summed E-state index contributed by atoms with van der Waals surface area (Å²) in [6.07, 6.45) is 1.71. The molecule has 0 aromatic heterocycles. The SMILES string of the molecule is CCC([C]=O)(C(C)=O)C(C)=O. The van der Waals surface area contributed by atoms with E-state index in [4.69, 9.17) is 0 Å². The van der Waals surface area contributed by atoms with E-state index in [1.807, 2.05) is 0 Å². The van der Waals surface area contributed by atoms with E-state index in [2.05, 4.69) is 0 Å². The molecule has 3 nitrogen and oxygen atoms in total. The number of Topliss-reactive ketones (excluding diaryl/α,β-unsaturated/α-hetero) is 2. The number of rotatable bonds is 4. The average Bonchev–Trinajstić information content (AvgIpc) is 1.90. The Bertz CT molecular complexity index is 180. The van der Waals surface area contributed by atoms with Crippen molar-refractivity contribution in [2.45, 2.75) is 27.2 Å². The van der Waals surface area contributed by atoms with Gasteiger partial charge in [-0.05, 0) is 20.3 Å². The van der Waals surface area contributed by atoms with Gasteiger partial charge in [0, 0.05) is 0 Å². The van der Waals surface area contributed by atoms with Crippen LogP contribution in [-0.2, 0) is 14.4 Å². The van der Waals surface area contributed by atoms with Crippen molar-refractivity contribution in [1.29, 1.82) is 0 Å². The topological polar surface area (TPSA) is 51.2 Å². The quantitative estimate of drug-likeness (QED) is 0.560. The summed E-state index contributed by atoms with van der Waals surface area (Å²) in [6.45, 7) is 4.08. The van der Waals surface area contributed by atoms with Crippen LogP contribution in [0.4, 0.5) is 0 Å². The van der Waals surface area contributed by atoms with Crippen LogP contribution in [0.15, 0.2) is 0 Å². The summed E-state index contributed by atoms with van der Waals surface area (Å²) in [4.78, 5) is 32.1. The molecule has 0 rings (SSSR count). The lowest BCUT2D eigenvalue weighted by molar-refractivity contribution is -0.134. The molecule has 0 fully saturated rings. The van der Waals surface area contributed by atoms with Crippen LogP contribution in [0.2, 0.25) is 0 Å². The van der Waals surface area contributed by atoms with E-state index >= 15 is 0 Å². The third-order valence-electron chi connectivity index (χ3n) is 1.91. The van der Waals surface area contributed by atoms with Gasteiger partial charge in [-0.1, -0.05) is 6.92 Å². The van der Waals surface area contributed by atoms with Gasteiger partial charge >= 0.3 is 0 Å². The maximum absolute atomic E-state index is 10.9. The second-order valence-electron chi connectivity index (χ2n) is 2.47. The second-order valence-corrected chi connectivity index (χ2v) is 2.47. The Labute approximate surface area is 65.8 Å². The summed E-state index contributed by atoms with van der Waals surface area (Å²) in [5, 5.41) is 0. The van der Waals surface area contributed by atoms with Gasteiger partial charge in [-0.2, -0.15) is 0 Å². The number of hydrogen-bond donors (Lipinski definition) is 0. The average molecular weight is 155 g/mol. The van der Waals surface area contributed by atoms with Gasteiger partial charge in [0.1, 0.15) is 0 Å². The fourth-order valence-corrected chi connectivity index (χ4v) is 0.962. The van der Waals surface area contributed by atoms with Crippen LogP contribution in [0.3, 0.4) is 0 Å².